The zero-order chi connectivity index (χ0) is 29.3. The van der Waals surface area contributed by atoms with E-state index in [1.165, 1.54) is 0 Å². The van der Waals surface area contributed by atoms with Crippen LogP contribution < -0.4 is 4.90 Å². The Balaban J connectivity index is 1.69. The van der Waals surface area contributed by atoms with Crippen molar-refractivity contribution in [1.29, 1.82) is 0 Å². The van der Waals surface area contributed by atoms with Gasteiger partial charge in [-0.15, -0.1) is 0 Å². The minimum atomic E-state index is -0.917. The molecule has 210 valence electrons. The van der Waals surface area contributed by atoms with Gasteiger partial charge in [-0.05, 0) is 107 Å². The fourth-order valence-electron chi connectivity index (χ4n) is 5.67. The quantitative estimate of drug-likeness (QED) is 0.151. The molecule has 0 spiro atoms. The topological polar surface area (TPSA) is 77.9 Å². The predicted octanol–water partition coefficient (Wildman–Crippen LogP) is 7.95. The number of amides is 2. The second-order valence-electron chi connectivity index (χ2n) is 10.4. The maximum absolute atomic E-state index is 14.6. The fourth-order valence-corrected chi connectivity index (χ4v) is 6.29. The van der Waals surface area contributed by atoms with E-state index in [1.54, 1.807) is 34.1 Å². The van der Waals surface area contributed by atoms with Crippen LogP contribution >= 0.6 is 34.2 Å². The van der Waals surface area contributed by atoms with Gasteiger partial charge in [-0.25, -0.2) is 0 Å². The van der Waals surface area contributed by atoms with Gasteiger partial charge in [0, 0.05) is 21.6 Å². The SMILES string of the molecule is Cc1ccc(C(C)N2C(=O)c3cc(I)ccc3N(CCCCC(=O)O)C(=O)C2c2ccc(Cl)cc2)c2ccccc12. The molecule has 41 heavy (non-hydrogen) atoms. The molecule has 1 N–H and O–H groups in total. The smallest absolute Gasteiger partial charge is 0.303 e. The lowest BCUT2D eigenvalue weighted by atomic mass is 9.93. The summed E-state index contributed by atoms with van der Waals surface area (Å²) in [5.74, 6) is -1.35. The van der Waals surface area contributed by atoms with Crippen molar-refractivity contribution >= 4 is 68.4 Å². The van der Waals surface area contributed by atoms with E-state index in [1.807, 2.05) is 43.3 Å². The molecule has 2 atom stereocenters. The lowest BCUT2D eigenvalue weighted by Gasteiger charge is -2.36. The molecular weight excluding hydrogens is 651 g/mol. The Bertz CT molecular complexity index is 1640. The van der Waals surface area contributed by atoms with Gasteiger partial charge in [-0.2, -0.15) is 0 Å². The molecule has 2 unspecified atom stereocenters. The largest absolute Gasteiger partial charge is 0.481 e. The summed E-state index contributed by atoms with van der Waals surface area (Å²) in [6, 6.07) is 23.4. The second-order valence-corrected chi connectivity index (χ2v) is 12.0. The van der Waals surface area contributed by atoms with Gasteiger partial charge in [0.15, 0.2) is 0 Å². The summed E-state index contributed by atoms with van der Waals surface area (Å²) in [5.41, 5.74) is 3.74. The van der Waals surface area contributed by atoms with Crippen LogP contribution in [0.1, 0.15) is 65.3 Å². The molecule has 0 saturated heterocycles. The minimum Gasteiger partial charge on any atom is -0.481 e. The van der Waals surface area contributed by atoms with Crippen LogP contribution in [0.4, 0.5) is 5.69 Å². The van der Waals surface area contributed by atoms with Crippen molar-refractivity contribution in [2.75, 3.05) is 11.4 Å². The van der Waals surface area contributed by atoms with Gasteiger partial charge in [0.25, 0.3) is 11.8 Å². The summed E-state index contributed by atoms with van der Waals surface area (Å²) in [7, 11) is 0. The van der Waals surface area contributed by atoms with Crippen molar-refractivity contribution in [3.63, 3.8) is 0 Å². The number of anilines is 1. The van der Waals surface area contributed by atoms with Gasteiger partial charge >= 0.3 is 5.97 Å². The van der Waals surface area contributed by atoms with Crippen molar-refractivity contribution in [2.45, 2.75) is 45.2 Å². The zero-order valence-electron chi connectivity index (χ0n) is 22.8. The van der Waals surface area contributed by atoms with E-state index in [0.29, 0.717) is 41.2 Å². The molecule has 1 aliphatic rings. The maximum Gasteiger partial charge on any atom is 0.303 e. The monoisotopic (exact) mass is 680 g/mol. The molecule has 4 aromatic rings. The van der Waals surface area contributed by atoms with Crippen molar-refractivity contribution in [1.82, 2.24) is 4.90 Å². The Hall–Kier alpha value is -3.43. The highest BCUT2D eigenvalue weighted by atomic mass is 127. The van der Waals surface area contributed by atoms with E-state index < -0.39 is 18.1 Å². The van der Waals surface area contributed by atoms with E-state index in [4.69, 9.17) is 16.7 Å². The van der Waals surface area contributed by atoms with E-state index in [2.05, 4.69) is 47.7 Å². The fraction of sp³-hybridized carbons (Fsp3) is 0.242. The Kier molecular flexibility index (Phi) is 8.66. The molecule has 4 aromatic carbocycles. The number of aryl methyl sites for hydroxylation is 1. The summed E-state index contributed by atoms with van der Waals surface area (Å²) >= 11 is 8.41. The normalized spacial score (nSPS) is 16.0. The average molecular weight is 681 g/mol. The minimum absolute atomic E-state index is 0.0186. The van der Waals surface area contributed by atoms with Crippen LogP contribution in [0.2, 0.25) is 5.02 Å². The number of unbranched alkanes of at least 4 members (excludes halogenated alkanes) is 1. The first-order valence-corrected chi connectivity index (χ1v) is 15.0. The van der Waals surface area contributed by atoms with Crippen LogP contribution in [0.3, 0.4) is 0 Å². The molecular formula is C33H30ClIN2O4. The number of carboxylic acid groups (broad SMARTS) is 1. The lowest BCUT2D eigenvalue weighted by Crippen LogP contribution is -2.44. The molecule has 0 aliphatic carbocycles. The lowest BCUT2D eigenvalue weighted by molar-refractivity contribution is -0.137. The molecule has 1 aliphatic heterocycles. The van der Waals surface area contributed by atoms with Gasteiger partial charge in [-0.1, -0.05) is 60.1 Å². The first-order valence-electron chi connectivity index (χ1n) is 13.6. The van der Waals surface area contributed by atoms with Crippen LogP contribution in [-0.2, 0) is 9.59 Å². The number of carbonyl (C=O) groups is 3. The third-order valence-electron chi connectivity index (χ3n) is 7.74. The van der Waals surface area contributed by atoms with Crippen molar-refractivity contribution in [3.8, 4) is 0 Å². The molecule has 0 fully saturated rings. The molecule has 2 amide bonds. The van der Waals surface area contributed by atoms with Crippen LogP contribution in [0.15, 0.2) is 78.9 Å². The molecule has 0 saturated carbocycles. The number of hydrogen-bond donors (Lipinski definition) is 1. The van der Waals surface area contributed by atoms with E-state index in [0.717, 1.165) is 25.5 Å². The molecule has 5 rings (SSSR count). The van der Waals surface area contributed by atoms with E-state index in [9.17, 15) is 14.4 Å². The molecule has 8 heteroatoms. The van der Waals surface area contributed by atoms with E-state index >= 15 is 0 Å². The molecule has 0 bridgehead atoms. The molecule has 6 nitrogen and oxygen atoms in total. The van der Waals surface area contributed by atoms with Crippen molar-refractivity contribution in [2.24, 2.45) is 0 Å². The average Bonchev–Trinajstić information content (AvgIpc) is 3.04. The number of halogens is 2. The van der Waals surface area contributed by atoms with Crippen molar-refractivity contribution in [3.05, 3.63) is 110 Å². The summed E-state index contributed by atoms with van der Waals surface area (Å²) in [5, 5.41) is 11.8. The van der Waals surface area contributed by atoms with Gasteiger partial charge in [0.1, 0.15) is 6.04 Å². The Labute approximate surface area is 258 Å². The molecule has 0 radical (unpaired) electrons. The number of hydrogen-bond acceptors (Lipinski definition) is 3. The Morgan fingerprint density at radius 3 is 2.39 bits per heavy atom. The van der Waals surface area contributed by atoms with Crippen LogP contribution in [0.5, 0.6) is 0 Å². The highest BCUT2D eigenvalue weighted by Crippen LogP contribution is 2.42. The van der Waals surface area contributed by atoms with Gasteiger partial charge in [-0.3, -0.25) is 14.4 Å². The van der Waals surface area contributed by atoms with Crippen molar-refractivity contribution < 1.29 is 19.5 Å². The zero-order valence-corrected chi connectivity index (χ0v) is 25.7. The number of carbonyl (C=O) groups excluding carboxylic acids is 2. The maximum atomic E-state index is 14.6. The first kappa shape index (κ1) is 29.1. The number of benzene rings is 4. The first-order chi connectivity index (χ1) is 19.7. The highest BCUT2D eigenvalue weighted by molar-refractivity contribution is 14.1. The van der Waals surface area contributed by atoms with Crippen LogP contribution in [0, 0.1) is 10.5 Å². The van der Waals surface area contributed by atoms with Crippen LogP contribution in [-0.4, -0.2) is 34.3 Å². The Morgan fingerprint density at radius 2 is 1.68 bits per heavy atom. The second kappa shape index (κ2) is 12.2. The summed E-state index contributed by atoms with van der Waals surface area (Å²) in [6.07, 6.45) is 0.932. The third kappa shape index (κ3) is 5.83. The molecule has 1 heterocycles. The Morgan fingerprint density at radius 1 is 0.976 bits per heavy atom. The third-order valence-corrected chi connectivity index (χ3v) is 8.67. The van der Waals surface area contributed by atoms with Gasteiger partial charge in [0.05, 0.1) is 17.3 Å². The number of fused-ring (bicyclic) bond motifs is 2. The van der Waals surface area contributed by atoms with Gasteiger partial charge in [0.2, 0.25) is 0 Å². The number of carboxylic acids is 1. The standard InChI is InChI=1S/C33H30ClIN2O4/c1-20-10-16-26(27-8-4-3-7-25(20)27)21(2)37-31(22-11-13-23(34)14-12-22)33(41)36(18-6-5-9-30(38)39)29-17-15-24(35)19-28(29)32(37)40/h3-4,7-8,10-17,19,21,31H,5-6,9,18H2,1-2H3,(H,38,39). The summed E-state index contributed by atoms with van der Waals surface area (Å²) in [6.45, 7) is 4.34. The highest BCUT2D eigenvalue weighted by Gasteiger charge is 2.43. The predicted molar refractivity (Wildman–Crippen MR) is 170 cm³/mol. The molecule has 0 aromatic heterocycles. The summed E-state index contributed by atoms with van der Waals surface area (Å²) in [4.78, 5) is 43.7. The van der Waals surface area contributed by atoms with E-state index in [-0.39, 0.29) is 18.2 Å². The van der Waals surface area contributed by atoms with Crippen LogP contribution in [0.25, 0.3) is 10.8 Å². The number of rotatable bonds is 8. The number of nitrogens with zero attached hydrogens (tertiary/aromatic N) is 2. The summed E-state index contributed by atoms with van der Waals surface area (Å²) < 4.78 is 0.881. The van der Waals surface area contributed by atoms with Gasteiger partial charge < -0.3 is 14.9 Å². The number of aliphatic carboxylic acids is 1.